The maximum atomic E-state index is 6.10. The van der Waals surface area contributed by atoms with Crippen LogP contribution < -0.4 is 5.73 Å². The second kappa shape index (κ2) is 5.81. The Balaban J connectivity index is 1.64. The molecule has 3 nitrogen and oxygen atoms in total. The molecule has 0 saturated carbocycles. The summed E-state index contributed by atoms with van der Waals surface area (Å²) in [7, 11) is 0. The van der Waals surface area contributed by atoms with Gasteiger partial charge in [-0.25, -0.2) is 0 Å². The Bertz CT molecular complexity index is 449. The van der Waals surface area contributed by atoms with Gasteiger partial charge in [0, 0.05) is 42.4 Å². The summed E-state index contributed by atoms with van der Waals surface area (Å²) in [4.78, 5) is 5.23. The number of nitrogen functional groups attached to an aromatic ring is 1. The summed E-state index contributed by atoms with van der Waals surface area (Å²) in [5, 5.41) is 0. The molecule has 0 amide bonds. The third-order valence-electron chi connectivity index (χ3n) is 4.42. The van der Waals surface area contributed by atoms with Crippen LogP contribution in [0.1, 0.15) is 24.8 Å². The molecule has 1 aromatic carbocycles. The highest BCUT2D eigenvalue weighted by molar-refractivity contribution is 9.10. The summed E-state index contributed by atoms with van der Waals surface area (Å²) in [5.74, 6) is 0. The van der Waals surface area contributed by atoms with Gasteiger partial charge in [0.15, 0.2) is 0 Å². The molecule has 0 bridgehead atoms. The number of nitrogens with two attached hydrogens (primary N) is 1. The lowest BCUT2D eigenvalue weighted by atomic mass is 9.99. The maximum absolute atomic E-state index is 6.10. The predicted octanol–water partition coefficient (Wildman–Crippen LogP) is 2.70. The second-order valence-corrected chi connectivity index (χ2v) is 6.68. The van der Waals surface area contributed by atoms with Crippen LogP contribution in [-0.4, -0.2) is 42.0 Å². The third-order valence-corrected chi connectivity index (χ3v) is 4.92. The van der Waals surface area contributed by atoms with E-state index in [0.29, 0.717) is 0 Å². The summed E-state index contributed by atoms with van der Waals surface area (Å²) in [6.45, 7) is 5.89. The van der Waals surface area contributed by atoms with E-state index in [1.807, 2.05) is 6.07 Å². The number of nitrogens with zero attached hydrogens (tertiary/aromatic N) is 2. The fourth-order valence-electron chi connectivity index (χ4n) is 3.31. The van der Waals surface area contributed by atoms with Crippen molar-refractivity contribution in [1.82, 2.24) is 9.80 Å². The van der Waals surface area contributed by atoms with Gasteiger partial charge in [0.2, 0.25) is 0 Å². The largest absolute Gasteiger partial charge is 0.398 e. The molecule has 2 aliphatic rings. The normalized spacial score (nSPS) is 25.2. The fourth-order valence-corrected chi connectivity index (χ4v) is 3.69. The molecular formula is C15H22BrN3. The van der Waals surface area contributed by atoms with Gasteiger partial charge in [0.05, 0.1) is 0 Å². The quantitative estimate of drug-likeness (QED) is 0.849. The van der Waals surface area contributed by atoms with Crippen LogP contribution in [0.15, 0.2) is 22.7 Å². The first-order chi connectivity index (χ1) is 9.22. The van der Waals surface area contributed by atoms with E-state index < -0.39 is 0 Å². The minimum absolute atomic E-state index is 0.777. The van der Waals surface area contributed by atoms with Gasteiger partial charge in [-0.3, -0.25) is 9.80 Å². The molecule has 2 heterocycles. The minimum Gasteiger partial charge on any atom is -0.398 e. The molecule has 104 valence electrons. The summed E-state index contributed by atoms with van der Waals surface area (Å²) in [6.07, 6.45) is 4.15. The Kier molecular flexibility index (Phi) is 4.10. The van der Waals surface area contributed by atoms with Crippen LogP contribution in [0.5, 0.6) is 0 Å². The SMILES string of the molecule is Nc1cc(Br)ccc1CN1CCN2CCCCC2C1. The van der Waals surface area contributed by atoms with Gasteiger partial charge in [-0.15, -0.1) is 0 Å². The average Bonchev–Trinajstić information content (AvgIpc) is 2.42. The Morgan fingerprint density at radius 1 is 1.21 bits per heavy atom. The predicted molar refractivity (Wildman–Crippen MR) is 83.0 cm³/mol. The molecule has 0 aliphatic carbocycles. The number of halogens is 1. The van der Waals surface area contributed by atoms with Crippen LogP contribution in [0.4, 0.5) is 5.69 Å². The highest BCUT2D eigenvalue weighted by Gasteiger charge is 2.28. The van der Waals surface area contributed by atoms with Crippen molar-refractivity contribution in [3.63, 3.8) is 0 Å². The smallest absolute Gasteiger partial charge is 0.0371 e. The standard InChI is InChI=1S/C15H22BrN3/c16-13-5-4-12(15(17)9-13)10-18-7-8-19-6-2-1-3-14(19)11-18/h4-5,9,14H,1-3,6-8,10-11,17H2. The van der Waals surface area contributed by atoms with Crippen molar-refractivity contribution in [2.75, 3.05) is 31.9 Å². The minimum atomic E-state index is 0.777. The number of benzene rings is 1. The van der Waals surface area contributed by atoms with Gasteiger partial charge in [0.25, 0.3) is 0 Å². The number of fused-ring (bicyclic) bond motifs is 1. The Morgan fingerprint density at radius 3 is 2.95 bits per heavy atom. The van der Waals surface area contributed by atoms with Crippen molar-refractivity contribution in [3.05, 3.63) is 28.2 Å². The Hall–Kier alpha value is -0.580. The van der Waals surface area contributed by atoms with Crippen molar-refractivity contribution in [2.45, 2.75) is 31.8 Å². The molecule has 1 unspecified atom stereocenters. The van der Waals surface area contributed by atoms with E-state index in [9.17, 15) is 0 Å². The van der Waals surface area contributed by atoms with Crippen molar-refractivity contribution in [2.24, 2.45) is 0 Å². The molecule has 0 spiro atoms. The van der Waals surface area contributed by atoms with Crippen LogP contribution in [0, 0.1) is 0 Å². The fraction of sp³-hybridized carbons (Fsp3) is 0.600. The van der Waals surface area contributed by atoms with Gasteiger partial charge >= 0.3 is 0 Å². The number of piperidine rings is 1. The van der Waals surface area contributed by atoms with Gasteiger partial charge in [0.1, 0.15) is 0 Å². The number of rotatable bonds is 2. The Morgan fingerprint density at radius 2 is 2.11 bits per heavy atom. The molecule has 2 fully saturated rings. The van der Waals surface area contributed by atoms with E-state index in [0.717, 1.165) is 22.7 Å². The molecule has 2 N–H and O–H groups in total. The molecule has 3 rings (SSSR count). The number of hydrogen-bond donors (Lipinski definition) is 1. The van der Waals surface area contributed by atoms with Gasteiger partial charge in [-0.1, -0.05) is 28.4 Å². The molecule has 4 heteroatoms. The molecule has 1 atom stereocenters. The highest BCUT2D eigenvalue weighted by Crippen LogP contribution is 2.24. The zero-order valence-corrected chi connectivity index (χ0v) is 12.9. The van der Waals surface area contributed by atoms with Crippen LogP contribution in [0.3, 0.4) is 0 Å². The van der Waals surface area contributed by atoms with Crippen LogP contribution in [0.2, 0.25) is 0 Å². The lowest BCUT2D eigenvalue weighted by molar-refractivity contribution is 0.0458. The first-order valence-corrected chi connectivity index (χ1v) is 8.02. The third kappa shape index (κ3) is 3.12. The molecule has 2 saturated heterocycles. The average molecular weight is 324 g/mol. The van der Waals surface area contributed by atoms with Gasteiger partial charge in [-0.05, 0) is 37.1 Å². The highest BCUT2D eigenvalue weighted by atomic mass is 79.9. The molecular weight excluding hydrogens is 302 g/mol. The van der Waals surface area contributed by atoms with Crippen molar-refractivity contribution in [1.29, 1.82) is 0 Å². The van der Waals surface area contributed by atoms with Crippen LogP contribution in [-0.2, 0) is 6.54 Å². The van der Waals surface area contributed by atoms with Crippen LogP contribution >= 0.6 is 15.9 Å². The van der Waals surface area contributed by atoms with E-state index in [4.69, 9.17) is 5.73 Å². The van der Waals surface area contributed by atoms with E-state index in [1.54, 1.807) is 0 Å². The monoisotopic (exact) mass is 323 g/mol. The van der Waals surface area contributed by atoms with Gasteiger partial charge in [-0.2, -0.15) is 0 Å². The van der Waals surface area contributed by atoms with Crippen molar-refractivity contribution >= 4 is 21.6 Å². The summed E-state index contributed by atoms with van der Waals surface area (Å²) < 4.78 is 1.06. The van der Waals surface area contributed by atoms with E-state index in [1.165, 1.54) is 51.0 Å². The van der Waals surface area contributed by atoms with Crippen molar-refractivity contribution < 1.29 is 0 Å². The molecule has 0 radical (unpaired) electrons. The van der Waals surface area contributed by atoms with E-state index in [-0.39, 0.29) is 0 Å². The lowest BCUT2D eigenvalue weighted by Crippen LogP contribution is -2.54. The lowest BCUT2D eigenvalue weighted by Gasteiger charge is -2.44. The van der Waals surface area contributed by atoms with Crippen molar-refractivity contribution in [3.8, 4) is 0 Å². The summed E-state index contributed by atoms with van der Waals surface area (Å²) in [6, 6.07) is 7.01. The number of anilines is 1. The van der Waals surface area contributed by atoms with Crippen LogP contribution in [0.25, 0.3) is 0 Å². The zero-order chi connectivity index (χ0) is 13.2. The van der Waals surface area contributed by atoms with Gasteiger partial charge < -0.3 is 5.73 Å². The molecule has 2 aliphatic heterocycles. The molecule has 0 aromatic heterocycles. The molecule has 1 aromatic rings. The summed E-state index contributed by atoms with van der Waals surface area (Å²) in [5.41, 5.74) is 8.26. The van der Waals surface area contributed by atoms with E-state index in [2.05, 4.69) is 37.9 Å². The molecule has 19 heavy (non-hydrogen) atoms. The topological polar surface area (TPSA) is 32.5 Å². The first kappa shape index (κ1) is 13.4. The first-order valence-electron chi connectivity index (χ1n) is 7.23. The number of hydrogen-bond acceptors (Lipinski definition) is 3. The summed E-state index contributed by atoms with van der Waals surface area (Å²) >= 11 is 3.47. The number of piperazine rings is 1. The Labute approximate surface area is 123 Å². The van der Waals surface area contributed by atoms with E-state index >= 15 is 0 Å². The second-order valence-electron chi connectivity index (χ2n) is 5.76. The maximum Gasteiger partial charge on any atom is 0.0371 e. The zero-order valence-electron chi connectivity index (χ0n) is 11.3.